The van der Waals surface area contributed by atoms with Crippen molar-refractivity contribution >= 4 is 0 Å². The average Bonchev–Trinajstić information content (AvgIpc) is 2.03. The fourth-order valence-electron chi connectivity index (χ4n) is 1.10. The van der Waals surface area contributed by atoms with Crippen molar-refractivity contribution < 1.29 is 9.50 Å². The lowest BCUT2D eigenvalue weighted by Gasteiger charge is -2.11. The van der Waals surface area contributed by atoms with Gasteiger partial charge in [-0.15, -0.1) is 0 Å². The van der Waals surface area contributed by atoms with Gasteiger partial charge < -0.3 is 10.8 Å². The monoisotopic (exact) mass is 169 g/mol. The van der Waals surface area contributed by atoms with Crippen LogP contribution in [0.15, 0.2) is 18.2 Å². The first-order chi connectivity index (χ1) is 5.66. The second kappa shape index (κ2) is 3.54. The smallest absolute Gasteiger partial charge is 0.131 e. The van der Waals surface area contributed by atoms with Gasteiger partial charge in [-0.2, -0.15) is 0 Å². The summed E-state index contributed by atoms with van der Waals surface area (Å²) in [6, 6.07) is 3.76. The third-order valence-corrected chi connectivity index (χ3v) is 1.84. The fourth-order valence-corrected chi connectivity index (χ4v) is 1.10. The van der Waals surface area contributed by atoms with Crippen LogP contribution < -0.4 is 5.73 Å². The molecule has 12 heavy (non-hydrogen) atoms. The lowest BCUT2D eigenvalue weighted by Crippen LogP contribution is -2.10. The lowest BCUT2D eigenvalue weighted by molar-refractivity contribution is 0.447. The van der Waals surface area contributed by atoms with Gasteiger partial charge in [0.1, 0.15) is 11.6 Å². The topological polar surface area (TPSA) is 46.2 Å². The van der Waals surface area contributed by atoms with Gasteiger partial charge in [0.15, 0.2) is 0 Å². The van der Waals surface area contributed by atoms with Crippen LogP contribution in [-0.2, 0) is 0 Å². The van der Waals surface area contributed by atoms with E-state index in [9.17, 15) is 9.50 Å². The van der Waals surface area contributed by atoms with Crippen molar-refractivity contribution in [2.75, 3.05) is 0 Å². The Kier molecular flexibility index (Phi) is 2.65. The maximum Gasteiger partial charge on any atom is 0.131 e. The van der Waals surface area contributed by atoms with Crippen LogP contribution in [-0.4, -0.2) is 5.11 Å². The number of hydrogen-bond donors (Lipinski definition) is 2. The quantitative estimate of drug-likeness (QED) is 0.710. The van der Waals surface area contributed by atoms with Gasteiger partial charge >= 0.3 is 0 Å². The van der Waals surface area contributed by atoms with Gasteiger partial charge in [-0.3, -0.25) is 0 Å². The Balaban J connectivity index is 3.12. The van der Waals surface area contributed by atoms with Crippen LogP contribution >= 0.6 is 0 Å². The number of phenols is 1. The number of halogens is 1. The Morgan fingerprint density at radius 2 is 2.25 bits per heavy atom. The molecule has 1 atom stereocenters. The predicted octanol–water partition coefficient (Wildman–Crippen LogP) is 1.94. The molecule has 0 radical (unpaired) electrons. The molecular weight excluding hydrogens is 157 g/mol. The maximum atomic E-state index is 13.0. The molecule has 0 spiro atoms. The minimum Gasteiger partial charge on any atom is -0.508 e. The van der Waals surface area contributed by atoms with E-state index in [1.807, 2.05) is 6.92 Å². The number of benzene rings is 1. The molecule has 0 bridgehead atoms. The Hall–Kier alpha value is -1.09. The Bertz CT molecular complexity index is 255. The molecule has 0 amide bonds. The molecule has 0 saturated heterocycles. The summed E-state index contributed by atoms with van der Waals surface area (Å²) in [6.07, 6.45) is 0.606. The van der Waals surface area contributed by atoms with Crippen molar-refractivity contribution in [3.8, 4) is 5.75 Å². The molecule has 3 heteroatoms. The van der Waals surface area contributed by atoms with E-state index in [-0.39, 0.29) is 11.3 Å². The number of aromatic hydroxyl groups is 1. The number of hydrogen-bond acceptors (Lipinski definition) is 2. The van der Waals surface area contributed by atoms with Gasteiger partial charge in [0.05, 0.1) is 0 Å². The van der Waals surface area contributed by atoms with E-state index in [0.29, 0.717) is 6.42 Å². The molecule has 3 N–H and O–H groups in total. The summed E-state index contributed by atoms with van der Waals surface area (Å²) < 4.78 is 13.0. The van der Waals surface area contributed by atoms with Crippen LogP contribution in [0.25, 0.3) is 0 Å². The number of phenolic OH excluding ortho intramolecular Hbond substituents is 1. The molecule has 0 fully saturated rings. The Morgan fingerprint density at radius 1 is 1.58 bits per heavy atom. The zero-order valence-electron chi connectivity index (χ0n) is 6.92. The van der Waals surface area contributed by atoms with E-state index in [4.69, 9.17) is 5.73 Å². The van der Waals surface area contributed by atoms with Crippen molar-refractivity contribution in [3.63, 3.8) is 0 Å². The zero-order chi connectivity index (χ0) is 9.14. The van der Waals surface area contributed by atoms with E-state index >= 15 is 0 Å². The van der Waals surface area contributed by atoms with Crippen molar-refractivity contribution in [2.45, 2.75) is 19.4 Å². The highest BCUT2D eigenvalue weighted by Crippen LogP contribution is 2.26. The fraction of sp³-hybridized carbons (Fsp3) is 0.333. The standard InChI is InChI=1S/C9H12FNO/c1-2-7(11)9-6(10)4-3-5-8(9)12/h3-5,7,12H,2,11H2,1H3/t7-/m0/s1. The van der Waals surface area contributed by atoms with Crippen molar-refractivity contribution in [1.82, 2.24) is 0 Å². The van der Waals surface area contributed by atoms with E-state index in [1.165, 1.54) is 18.2 Å². The lowest BCUT2D eigenvalue weighted by atomic mass is 10.0. The first kappa shape index (κ1) is 9.00. The molecule has 0 heterocycles. The molecule has 0 unspecified atom stereocenters. The van der Waals surface area contributed by atoms with E-state index in [1.54, 1.807) is 0 Å². The Morgan fingerprint density at radius 3 is 2.75 bits per heavy atom. The van der Waals surface area contributed by atoms with E-state index in [0.717, 1.165) is 0 Å². The first-order valence-corrected chi connectivity index (χ1v) is 3.89. The molecule has 0 aliphatic heterocycles. The largest absolute Gasteiger partial charge is 0.508 e. The second-order valence-corrected chi connectivity index (χ2v) is 2.69. The van der Waals surface area contributed by atoms with Gasteiger partial charge in [0.2, 0.25) is 0 Å². The van der Waals surface area contributed by atoms with Crippen LogP contribution in [0.3, 0.4) is 0 Å². The summed E-state index contributed by atoms with van der Waals surface area (Å²) >= 11 is 0. The van der Waals surface area contributed by atoms with Gasteiger partial charge in [0.25, 0.3) is 0 Å². The molecule has 0 saturated carbocycles. The summed E-state index contributed by atoms with van der Waals surface area (Å²) in [5.74, 6) is -0.506. The van der Waals surface area contributed by atoms with Crippen LogP contribution in [0.4, 0.5) is 4.39 Å². The molecule has 1 rings (SSSR count). The predicted molar refractivity (Wildman–Crippen MR) is 45.3 cm³/mol. The summed E-state index contributed by atoms with van der Waals surface area (Å²) in [7, 11) is 0. The first-order valence-electron chi connectivity index (χ1n) is 3.89. The highest BCUT2D eigenvalue weighted by Gasteiger charge is 2.13. The third-order valence-electron chi connectivity index (χ3n) is 1.84. The highest BCUT2D eigenvalue weighted by molar-refractivity contribution is 5.35. The van der Waals surface area contributed by atoms with Crippen LogP contribution in [0, 0.1) is 5.82 Å². The van der Waals surface area contributed by atoms with Crippen LogP contribution in [0.2, 0.25) is 0 Å². The molecule has 0 aliphatic carbocycles. The molecule has 2 nitrogen and oxygen atoms in total. The summed E-state index contributed by atoms with van der Waals surface area (Å²) in [5.41, 5.74) is 5.80. The normalized spacial score (nSPS) is 12.9. The molecule has 1 aromatic carbocycles. The molecule has 0 aromatic heterocycles. The van der Waals surface area contributed by atoms with Crippen LogP contribution in [0.5, 0.6) is 5.75 Å². The van der Waals surface area contributed by atoms with Crippen molar-refractivity contribution in [3.05, 3.63) is 29.6 Å². The van der Waals surface area contributed by atoms with Gasteiger partial charge in [-0.1, -0.05) is 13.0 Å². The van der Waals surface area contributed by atoms with Gasteiger partial charge in [-0.05, 0) is 18.6 Å². The summed E-state index contributed by atoms with van der Waals surface area (Å²) in [6.45, 7) is 1.84. The zero-order valence-corrected chi connectivity index (χ0v) is 6.92. The second-order valence-electron chi connectivity index (χ2n) is 2.69. The highest BCUT2D eigenvalue weighted by atomic mass is 19.1. The minimum absolute atomic E-state index is 0.0654. The average molecular weight is 169 g/mol. The molecule has 0 aliphatic rings. The SMILES string of the molecule is CC[C@H](N)c1c(O)cccc1F. The minimum atomic E-state index is -0.440. The molecular formula is C9H12FNO. The summed E-state index contributed by atoms with van der Waals surface area (Å²) in [4.78, 5) is 0. The molecule has 66 valence electrons. The Labute approximate surface area is 70.8 Å². The molecule has 1 aromatic rings. The van der Waals surface area contributed by atoms with Crippen molar-refractivity contribution in [1.29, 1.82) is 0 Å². The van der Waals surface area contributed by atoms with Gasteiger partial charge in [-0.25, -0.2) is 4.39 Å². The summed E-state index contributed by atoms with van der Waals surface area (Å²) in [5, 5.41) is 9.27. The van der Waals surface area contributed by atoms with E-state index < -0.39 is 11.9 Å². The van der Waals surface area contributed by atoms with Gasteiger partial charge in [0, 0.05) is 11.6 Å². The van der Waals surface area contributed by atoms with Crippen LogP contribution in [0.1, 0.15) is 24.9 Å². The van der Waals surface area contributed by atoms with Crippen molar-refractivity contribution in [2.24, 2.45) is 5.73 Å². The number of nitrogens with two attached hydrogens (primary N) is 1. The third kappa shape index (κ3) is 1.56. The number of rotatable bonds is 2. The van der Waals surface area contributed by atoms with E-state index in [2.05, 4.69) is 0 Å². The maximum absolute atomic E-state index is 13.0.